The van der Waals surface area contributed by atoms with Crippen LogP contribution in [0.5, 0.6) is 5.88 Å². The number of imidazole rings is 1. The lowest BCUT2D eigenvalue weighted by atomic mass is 9.95. The number of nitrogens with zero attached hydrogens (tertiary/aromatic N) is 3. The second-order valence-corrected chi connectivity index (χ2v) is 6.47. The van der Waals surface area contributed by atoms with Crippen LogP contribution in [0.3, 0.4) is 0 Å². The molecule has 0 fully saturated rings. The van der Waals surface area contributed by atoms with E-state index in [0.717, 1.165) is 17.1 Å². The van der Waals surface area contributed by atoms with Crippen LogP contribution in [0.15, 0.2) is 18.3 Å². The average Bonchev–Trinajstić information content (AvgIpc) is 2.76. The summed E-state index contributed by atoms with van der Waals surface area (Å²) in [7, 11) is 1.60. The van der Waals surface area contributed by atoms with Crippen molar-refractivity contribution < 1.29 is 4.74 Å². The van der Waals surface area contributed by atoms with Crippen LogP contribution in [-0.4, -0.2) is 21.6 Å². The first-order chi connectivity index (χ1) is 9.75. The van der Waals surface area contributed by atoms with Gasteiger partial charge in [0.2, 0.25) is 5.88 Å². The highest BCUT2D eigenvalue weighted by molar-refractivity contribution is 5.71. The van der Waals surface area contributed by atoms with Crippen molar-refractivity contribution in [2.45, 2.75) is 46.1 Å². The molecule has 2 rings (SSSR count). The van der Waals surface area contributed by atoms with E-state index in [1.54, 1.807) is 13.3 Å². The number of aromatic nitrogens is 3. The molecule has 5 nitrogen and oxygen atoms in total. The van der Waals surface area contributed by atoms with E-state index in [2.05, 4.69) is 44.2 Å². The van der Waals surface area contributed by atoms with E-state index in [1.165, 1.54) is 0 Å². The van der Waals surface area contributed by atoms with E-state index in [9.17, 15) is 0 Å². The molecule has 0 bridgehead atoms. The monoisotopic (exact) mass is 288 g/mol. The van der Waals surface area contributed by atoms with Crippen LogP contribution in [0, 0.1) is 0 Å². The number of anilines is 1. The fourth-order valence-electron chi connectivity index (χ4n) is 2.35. The summed E-state index contributed by atoms with van der Waals surface area (Å²) in [6, 6.07) is 4.01. The molecule has 0 saturated heterocycles. The van der Waals surface area contributed by atoms with E-state index in [-0.39, 0.29) is 11.5 Å². The van der Waals surface area contributed by atoms with Gasteiger partial charge in [0.15, 0.2) is 0 Å². The Morgan fingerprint density at radius 1 is 1.24 bits per heavy atom. The van der Waals surface area contributed by atoms with Crippen LogP contribution in [0.4, 0.5) is 5.82 Å². The lowest BCUT2D eigenvalue weighted by molar-refractivity contribution is 0.398. The molecule has 0 aliphatic carbocycles. The average molecular weight is 288 g/mol. The number of pyridine rings is 1. The molecule has 2 N–H and O–H groups in total. The maximum atomic E-state index is 6.35. The standard InChI is InChI=1S/C16H24N4O/c1-10(2)20-14(17)13(19-15(20)16(3,4)5)11-7-8-12(21-6)18-9-11/h7-10H,17H2,1-6H3. The van der Waals surface area contributed by atoms with Gasteiger partial charge >= 0.3 is 0 Å². The Hall–Kier alpha value is -2.04. The molecule has 0 amide bonds. The summed E-state index contributed by atoms with van der Waals surface area (Å²) in [6.07, 6.45) is 1.74. The Morgan fingerprint density at radius 3 is 2.29 bits per heavy atom. The number of hydrogen-bond acceptors (Lipinski definition) is 4. The number of rotatable bonds is 3. The smallest absolute Gasteiger partial charge is 0.212 e. The van der Waals surface area contributed by atoms with Crippen molar-refractivity contribution in [1.29, 1.82) is 0 Å². The summed E-state index contributed by atoms with van der Waals surface area (Å²) >= 11 is 0. The highest BCUT2D eigenvalue weighted by Gasteiger charge is 2.26. The van der Waals surface area contributed by atoms with Crippen LogP contribution in [0.1, 0.15) is 46.5 Å². The summed E-state index contributed by atoms with van der Waals surface area (Å²) < 4.78 is 7.19. The van der Waals surface area contributed by atoms with Gasteiger partial charge in [0.05, 0.1) is 7.11 Å². The first kappa shape index (κ1) is 15.4. The van der Waals surface area contributed by atoms with E-state index in [1.807, 2.05) is 12.1 Å². The molecule has 2 aromatic heterocycles. The predicted octanol–water partition coefficient (Wildman–Crippen LogP) is 3.41. The second kappa shape index (κ2) is 5.39. The van der Waals surface area contributed by atoms with Gasteiger partial charge in [-0.3, -0.25) is 0 Å². The largest absolute Gasteiger partial charge is 0.481 e. The molecule has 0 aliphatic heterocycles. The molecule has 2 aromatic rings. The number of ether oxygens (including phenoxy) is 1. The van der Waals surface area contributed by atoms with Gasteiger partial charge < -0.3 is 15.0 Å². The summed E-state index contributed by atoms with van der Waals surface area (Å²) in [5, 5.41) is 0. The van der Waals surface area contributed by atoms with Gasteiger partial charge in [0, 0.05) is 29.3 Å². The highest BCUT2D eigenvalue weighted by Crippen LogP contribution is 2.34. The normalized spacial score (nSPS) is 12.0. The van der Waals surface area contributed by atoms with E-state index in [0.29, 0.717) is 11.7 Å². The Labute approximate surface area is 126 Å². The topological polar surface area (TPSA) is 66.0 Å². The third-order valence-electron chi connectivity index (χ3n) is 3.35. The van der Waals surface area contributed by atoms with Gasteiger partial charge in [-0.05, 0) is 19.9 Å². The zero-order valence-corrected chi connectivity index (χ0v) is 13.6. The molecule has 0 saturated carbocycles. The highest BCUT2D eigenvalue weighted by atomic mass is 16.5. The van der Waals surface area contributed by atoms with Crippen molar-refractivity contribution >= 4 is 5.82 Å². The number of nitrogens with two attached hydrogens (primary N) is 1. The van der Waals surface area contributed by atoms with E-state index < -0.39 is 0 Å². The minimum atomic E-state index is -0.0729. The third-order valence-corrected chi connectivity index (χ3v) is 3.35. The summed E-state index contributed by atoms with van der Waals surface area (Å²) in [4.78, 5) is 9.02. The molecule has 0 spiro atoms. The molecule has 0 unspecified atom stereocenters. The van der Waals surface area contributed by atoms with Gasteiger partial charge in [-0.2, -0.15) is 0 Å². The molecule has 114 valence electrons. The molecule has 0 aromatic carbocycles. The van der Waals surface area contributed by atoms with Crippen molar-refractivity contribution in [2.24, 2.45) is 0 Å². The number of hydrogen-bond donors (Lipinski definition) is 1. The van der Waals surface area contributed by atoms with Gasteiger partial charge in [-0.25, -0.2) is 9.97 Å². The van der Waals surface area contributed by atoms with Gasteiger partial charge in [-0.15, -0.1) is 0 Å². The quantitative estimate of drug-likeness (QED) is 0.940. The summed E-state index contributed by atoms with van der Waals surface area (Å²) in [5.41, 5.74) is 7.96. The Kier molecular flexibility index (Phi) is 3.94. The van der Waals surface area contributed by atoms with Crippen LogP contribution < -0.4 is 10.5 Å². The van der Waals surface area contributed by atoms with Crippen molar-refractivity contribution in [3.63, 3.8) is 0 Å². The fraction of sp³-hybridized carbons (Fsp3) is 0.500. The van der Waals surface area contributed by atoms with E-state index >= 15 is 0 Å². The van der Waals surface area contributed by atoms with Crippen LogP contribution >= 0.6 is 0 Å². The molecule has 0 aliphatic rings. The van der Waals surface area contributed by atoms with Gasteiger partial charge in [-0.1, -0.05) is 20.8 Å². The van der Waals surface area contributed by atoms with Crippen molar-refractivity contribution in [3.05, 3.63) is 24.2 Å². The second-order valence-electron chi connectivity index (χ2n) is 6.47. The minimum absolute atomic E-state index is 0.0729. The van der Waals surface area contributed by atoms with E-state index in [4.69, 9.17) is 15.5 Å². The Morgan fingerprint density at radius 2 is 1.90 bits per heavy atom. The fourth-order valence-corrected chi connectivity index (χ4v) is 2.35. The van der Waals surface area contributed by atoms with Crippen LogP contribution in [0.2, 0.25) is 0 Å². The maximum Gasteiger partial charge on any atom is 0.212 e. The molecule has 5 heteroatoms. The van der Waals surface area contributed by atoms with Crippen molar-refractivity contribution in [3.8, 4) is 17.1 Å². The molecular formula is C16H24N4O. The lowest BCUT2D eigenvalue weighted by Crippen LogP contribution is -2.21. The summed E-state index contributed by atoms with van der Waals surface area (Å²) in [6.45, 7) is 10.7. The zero-order valence-electron chi connectivity index (χ0n) is 13.6. The Balaban J connectivity index is 2.59. The summed E-state index contributed by atoms with van der Waals surface area (Å²) in [5.74, 6) is 2.25. The molecule has 2 heterocycles. The van der Waals surface area contributed by atoms with Crippen molar-refractivity contribution in [1.82, 2.24) is 14.5 Å². The first-order valence-corrected chi connectivity index (χ1v) is 7.14. The molecule has 0 radical (unpaired) electrons. The third kappa shape index (κ3) is 2.86. The number of methoxy groups -OCH3 is 1. The van der Waals surface area contributed by atoms with Gasteiger partial charge in [0.1, 0.15) is 17.3 Å². The first-order valence-electron chi connectivity index (χ1n) is 7.14. The number of nitrogen functional groups attached to an aromatic ring is 1. The molecule has 0 atom stereocenters. The predicted molar refractivity (Wildman–Crippen MR) is 85.5 cm³/mol. The minimum Gasteiger partial charge on any atom is -0.481 e. The maximum absolute atomic E-state index is 6.35. The lowest BCUT2D eigenvalue weighted by Gasteiger charge is -2.22. The van der Waals surface area contributed by atoms with Crippen molar-refractivity contribution in [2.75, 3.05) is 12.8 Å². The Bertz CT molecular complexity index is 621. The molecular weight excluding hydrogens is 264 g/mol. The van der Waals surface area contributed by atoms with Gasteiger partial charge in [0.25, 0.3) is 0 Å². The SMILES string of the molecule is COc1ccc(-c2nc(C(C)(C)C)n(C(C)C)c2N)cn1. The zero-order chi connectivity index (χ0) is 15.8. The van der Waals surface area contributed by atoms with Crippen LogP contribution in [-0.2, 0) is 5.41 Å². The molecule has 21 heavy (non-hydrogen) atoms. The van der Waals surface area contributed by atoms with Crippen LogP contribution in [0.25, 0.3) is 11.3 Å².